The summed E-state index contributed by atoms with van der Waals surface area (Å²) in [6.07, 6.45) is 5.91. The second kappa shape index (κ2) is 4.97. The molecule has 0 aromatic carbocycles. The number of rotatable bonds is 4. The van der Waals surface area contributed by atoms with Gasteiger partial charge in [0.05, 0.1) is 22.8 Å². The monoisotopic (exact) mass is 266 g/mol. The first-order chi connectivity index (χ1) is 8.80. The van der Waals surface area contributed by atoms with Crippen LogP contribution < -0.4 is 4.90 Å². The van der Waals surface area contributed by atoms with E-state index in [1.165, 1.54) is 11.3 Å². The molecule has 3 rings (SSSR count). The van der Waals surface area contributed by atoms with Gasteiger partial charge in [-0.05, 0) is 19.3 Å². The SMILES string of the molecule is CCCc1nc(N2CC3CCC(C2)O3)sc1C=O. The van der Waals surface area contributed by atoms with Crippen molar-refractivity contribution in [3.05, 3.63) is 10.6 Å². The van der Waals surface area contributed by atoms with E-state index in [9.17, 15) is 4.79 Å². The second-order valence-electron chi connectivity index (χ2n) is 5.04. The molecule has 0 spiro atoms. The van der Waals surface area contributed by atoms with Crippen molar-refractivity contribution in [3.63, 3.8) is 0 Å². The van der Waals surface area contributed by atoms with Crippen LogP contribution >= 0.6 is 11.3 Å². The minimum absolute atomic E-state index is 0.363. The Labute approximate surface area is 111 Å². The molecule has 0 aliphatic carbocycles. The molecule has 5 heteroatoms. The summed E-state index contributed by atoms with van der Waals surface area (Å²) in [4.78, 5) is 18.8. The number of hydrogen-bond donors (Lipinski definition) is 0. The van der Waals surface area contributed by atoms with Gasteiger partial charge in [0.1, 0.15) is 0 Å². The lowest BCUT2D eigenvalue weighted by Gasteiger charge is -2.31. The maximum atomic E-state index is 11.1. The fourth-order valence-corrected chi connectivity index (χ4v) is 3.71. The molecule has 2 unspecified atom stereocenters. The molecule has 2 fully saturated rings. The molecule has 0 N–H and O–H groups in total. The molecular weight excluding hydrogens is 248 g/mol. The number of ether oxygens (including phenoxy) is 1. The van der Waals surface area contributed by atoms with Crippen molar-refractivity contribution in [2.75, 3.05) is 18.0 Å². The van der Waals surface area contributed by atoms with Crippen molar-refractivity contribution >= 4 is 22.8 Å². The number of fused-ring (bicyclic) bond motifs is 2. The summed E-state index contributed by atoms with van der Waals surface area (Å²) in [6, 6.07) is 0. The van der Waals surface area contributed by atoms with Crippen LogP contribution in [0.1, 0.15) is 41.6 Å². The van der Waals surface area contributed by atoms with Gasteiger partial charge in [-0.2, -0.15) is 0 Å². The number of aldehydes is 1. The maximum Gasteiger partial charge on any atom is 0.186 e. The van der Waals surface area contributed by atoms with Gasteiger partial charge in [0, 0.05) is 13.1 Å². The van der Waals surface area contributed by atoms with E-state index in [1.807, 2.05) is 0 Å². The van der Waals surface area contributed by atoms with Crippen LogP contribution in [-0.2, 0) is 11.2 Å². The van der Waals surface area contributed by atoms with Crippen LogP contribution in [0.2, 0.25) is 0 Å². The predicted octanol–water partition coefficient (Wildman–Crippen LogP) is 2.28. The van der Waals surface area contributed by atoms with Gasteiger partial charge in [-0.3, -0.25) is 4.79 Å². The highest BCUT2D eigenvalue weighted by atomic mass is 32.1. The number of carbonyl (C=O) groups is 1. The van der Waals surface area contributed by atoms with E-state index >= 15 is 0 Å². The average molecular weight is 266 g/mol. The van der Waals surface area contributed by atoms with E-state index < -0.39 is 0 Å². The van der Waals surface area contributed by atoms with Crippen molar-refractivity contribution in [1.82, 2.24) is 4.98 Å². The molecule has 1 aromatic rings. The molecule has 3 heterocycles. The van der Waals surface area contributed by atoms with Crippen molar-refractivity contribution in [3.8, 4) is 0 Å². The topological polar surface area (TPSA) is 42.4 Å². The van der Waals surface area contributed by atoms with E-state index in [1.54, 1.807) is 0 Å². The van der Waals surface area contributed by atoms with Gasteiger partial charge in [-0.1, -0.05) is 24.7 Å². The zero-order chi connectivity index (χ0) is 12.5. The first-order valence-corrected chi connectivity index (χ1v) is 7.47. The smallest absolute Gasteiger partial charge is 0.186 e. The standard InChI is InChI=1S/C13H18N2O2S/c1-2-3-11-12(8-16)18-13(14-11)15-6-9-4-5-10(7-15)17-9/h8-10H,2-7H2,1H3. The number of anilines is 1. The Morgan fingerprint density at radius 2 is 2.17 bits per heavy atom. The lowest BCUT2D eigenvalue weighted by atomic mass is 10.2. The van der Waals surface area contributed by atoms with Crippen LogP contribution in [0.3, 0.4) is 0 Å². The molecule has 0 amide bonds. The van der Waals surface area contributed by atoms with Crippen LogP contribution in [0.4, 0.5) is 5.13 Å². The lowest BCUT2D eigenvalue weighted by Crippen LogP contribution is -2.42. The summed E-state index contributed by atoms with van der Waals surface area (Å²) < 4.78 is 5.83. The van der Waals surface area contributed by atoms with Gasteiger partial charge in [0.25, 0.3) is 0 Å². The Hall–Kier alpha value is -0.940. The van der Waals surface area contributed by atoms with Crippen LogP contribution in [0.15, 0.2) is 0 Å². The zero-order valence-electron chi connectivity index (χ0n) is 10.6. The van der Waals surface area contributed by atoms with Crippen LogP contribution in [-0.4, -0.2) is 36.6 Å². The molecule has 2 atom stereocenters. The maximum absolute atomic E-state index is 11.1. The summed E-state index contributed by atoms with van der Waals surface area (Å²) in [7, 11) is 0. The highest BCUT2D eigenvalue weighted by Crippen LogP contribution is 2.33. The fourth-order valence-electron chi connectivity index (χ4n) is 2.76. The minimum atomic E-state index is 0.363. The number of aryl methyl sites for hydroxylation is 1. The minimum Gasteiger partial charge on any atom is -0.371 e. The van der Waals surface area contributed by atoms with E-state index in [0.29, 0.717) is 12.2 Å². The van der Waals surface area contributed by atoms with Crippen molar-refractivity contribution in [1.29, 1.82) is 0 Å². The number of thiazole rings is 1. The van der Waals surface area contributed by atoms with E-state index in [4.69, 9.17) is 4.74 Å². The van der Waals surface area contributed by atoms with Crippen LogP contribution in [0, 0.1) is 0 Å². The Kier molecular flexibility index (Phi) is 3.35. The normalized spacial score (nSPS) is 26.6. The Bertz CT molecular complexity index is 434. The molecule has 4 nitrogen and oxygen atoms in total. The molecule has 18 heavy (non-hydrogen) atoms. The Morgan fingerprint density at radius 1 is 1.44 bits per heavy atom. The number of hydrogen-bond acceptors (Lipinski definition) is 5. The second-order valence-corrected chi connectivity index (χ2v) is 6.05. The highest BCUT2D eigenvalue weighted by molar-refractivity contribution is 7.17. The number of morpholine rings is 1. The van der Waals surface area contributed by atoms with Crippen LogP contribution in [0.25, 0.3) is 0 Å². The third-order valence-electron chi connectivity index (χ3n) is 3.62. The number of aromatic nitrogens is 1. The Morgan fingerprint density at radius 3 is 2.78 bits per heavy atom. The summed E-state index contributed by atoms with van der Waals surface area (Å²) in [5, 5.41) is 1.00. The highest BCUT2D eigenvalue weighted by Gasteiger charge is 2.35. The summed E-state index contributed by atoms with van der Waals surface area (Å²) in [5.74, 6) is 0. The van der Waals surface area contributed by atoms with Gasteiger partial charge in [0.15, 0.2) is 11.4 Å². The molecule has 2 saturated heterocycles. The molecule has 2 bridgehead atoms. The van der Waals surface area contributed by atoms with Crippen molar-refractivity contribution < 1.29 is 9.53 Å². The molecule has 2 aliphatic rings. The third-order valence-corrected chi connectivity index (χ3v) is 4.71. The molecule has 0 radical (unpaired) electrons. The number of carbonyl (C=O) groups excluding carboxylic acids is 1. The first-order valence-electron chi connectivity index (χ1n) is 6.65. The van der Waals surface area contributed by atoms with Gasteiger partial charge >= 0.3 is 0 Å². The predicted molar refractivity (Wildman–Crippen MR) is 71.6 cm³/mol. The van der Waals surface area contributed by atoms with E-state index in [0.717, 1.165) is 60.8 Å². The molecular formula is C13H18N2O2S. The van der Waals surface area contributed by atoms with Crippen LogP contribution in [0.5, 0.6) is 0 Å². The van der Waals surface area contributed by atoms with Gasteiger partial charge in [-0.25, -0.2) is 4.98 Å². The van der Waals surface area contributed by atoms with Crippen molar-refractivity contribution in [2.45, 2.75) is 44.8 Å². The van der Waals surface area contributed by atoms with Crippen molar-refractivity contribution in [2.24, 2.45) is 0 Å². The Balaban J connectivity index is 1.81. The van der Waals surface area contributed by atoms with Gasteiger partial charge < -0.3 is 9.64 Å². The molecule has 1 aromatic heterocycles. The van der Waals surface area contributed by atoms with Gasteiger partial charge in [0.2, 0.25) is 0 Å². The largest absolute Gasteiger partial charge is 0.371 e. The molecule has 98 valence electrons. The van der Waals surface area contributed by atoms with E-state index in [2.05, 4.69) is 16.8 Å². The first kappa shape index (κ1) is 12.1. The quantitative estimate of drug-likeness (QED) is 0.784. The lowest BCUT2D eigenvalue weighted by molar-refractivity contribution is 0.0305. The summed E-state index contributed by atoms with van der Waals surface area (Å²) in [6.45, 7) is 3.96. The fraction of sp³-hybridized carbons (Fsp3) is 0.692. The van der Waals surface area contributed by atoms with Gasteiger partial charge in [-0.15, -0.1) is 0 Å². The molecule has 2 aliphatic heterocycles. The molecule has 0 saturated carbocycles. The van der Waals surface area contributed by atoms with E-state index in [-0.39, 0.29) is 0 Å². The zero-order valence-corrected chi connectivity index (χ0v) is 11.4. The third kappa shape index (κ3) is 2.17. The summed E-state index contributed by atoms with van der Waals surface area (Å²) >= 11 is 1.53. The summed E-state index contributed by atoms with van der Waals surface area (Å²) in [5.41, 5.74) is 0.964. The average Bonchev–Trinajstić information content (AvgIpc) is 2.93. The number of nitrogens with zero attached hydrogens (tertiary/aromatic N) is 2.